The van der Waals surface area contributed by atoms with Gasteiger partial charge in [0.2, 0.25) is 0 Å². The number of benzene rings is 2. The Morgan fingerprint density at radius 1 is 1.11 bits per heavy atom. The Labute approximate surface area is 157 Å². The van der Waals surface area contributed by atoms with Crippen molar-refractivity contribution in [1.29, 1.82) is 0 Å². The summed E-state index contributed by atoms with van der Waals surface area (Å²) in [4.78, 5) is 14.7. The molecule has 1 aliphatic rings. The average molecular weight is 366 g/mol. The van der Waals surface area contributed by atoms with Gasteiger partial charge in [0, 0.05) is 30.4 Å². The zero-order valence-electron chi connectivity index (χ0n) is 15.1. The zero-order chi connectivity index (χ0) is 18.8. The van der Waals surface area contributed by atoms with E-state index in [4.69, 9.17) is 9.15 Å². The highest BCUT2D eigenvalue weighted by molar-refractivity contribution is 5.83. The molecule has 0 aliphatic carbocycles. The van der Waals surface area contributed by atoms with E-state index in [-0.39, 0.29) is 17.2 Å². The van der Waals surface area contributed by atoms with Gasteiger partial charge >= 0.3 is 0 Å². The molecule has 0 bridgehead atoms. The fraction of sp³-hybridized carbons (Fsp3) is 0.286. The number of rotatable bonds is 4. The number of anilines is 2. The van der Waals surface area contributed by atoms with Crippen LogP contribution in [-0.2, 0) is 4.74 Å². The van der Waals surface area contributed by atoms with E-state index in [1.165, 1.54) is 12.1 Å². The van der Waals surface area contributed by atoms with Gasteiger partial charge in [-0.15, -0.1) is 0 Å². The first-order valence-electron chi connectivity index (χ1n) is 9.07. The third-order valence-electron chi connectivity index (χ3n) is 4.78. The van der Waals surface area contributed by atoms with Gasteiger partial charge in [0.25, 0.3) is 0 Å². The lowest BCUT2D eigenvalue weighted by Gasteiger charge is -2.27. The molecule has 27 heavy (non-hydrogen) atoms. The van der Waals surface area contributed by atoms with Crippen LogP contribution < -0.4 is 15.6 Å². The van der Waals surface area contributed by atoms with Crippen LogP contribution in [0.5, 0.6) is 5.75 Å². The molecule has 1 fully saturated rings. The standard InChI is InChI=1S/C21H22N2O4/c1-14(22-15-5-3-2-4-6-15)17-11-16(24)12-18-19(25)13-20(27-21(17)18)23-7-9-26-10-8-23/h2-6,11-14,22,24H,7-10H2,1H3. The van der Waals surface area contributed by atoms with Crippen LogP contribution in [-0.4, -0.2) is 31.4 Å². The minimum Gasteiger partial charge on any atom is -0.508 e. The summed E-state index contributed by atoms with van der Waals surface area (Å²) in [5.74, 6) is 0.584. The maximum absolute atomic E-state index is 12.7. The molecule has 0 radical (unpaired) electrons. The van der Waals surface area contributed by atoms with E-state index < -0.39 is 0 Å². The number of hydrogen-bond donors (Lipinski definition) is 2. The highest BCUT2D eigenvalue weighted by Crippen LogP contribution is 2.32. The lowest BCUT2D eigenvalue weighted by molar-refractivity contribution is 0.121. The molecule has 1 aliphatic heterocycles. The summed E-state index contributed by atoms with van der Waals surface area (Å²) in [5.41, 5.74) is 2.02. The second-order valence-corrected chi connectivity index (χ2v) is 6.69. The van der Waals surface area contributed by atoms with Crippen LogP contribution in [0.15, 0.2) is 57.7 Å². The predicted octanol–water partition coefficient (Wildman–Crippen LogP) is 3.51. The summed E-state index contributed by atoms with van der Waals surface area (Å²) < 4.78 is 11.5. The van der Waals surface area contributed by atoms with Crippen LogP contribution in [0, 0.1) is 0 Å². The van der Waals surface area contributed by atoms with E-state index in [2.05, 4.69) is 5.32 Å². The number of phenols is 1. The lowest BCUT2D eigenvalue weighted by atomic mass is 10.0. The monoisotopic (exact) mass is 366 g/mol. The molecule has 3 aromatic rings. The third kappa shape index (κ3) is 3.61. The highest BCUT2D eigenvalue weighted by atomic mass is 16.5. The van der Waals surface area contributed by atoms with Crippen molar-refractivity contribution in [3.63, 3.8) is 0 Å². The predicted molar refractivity (Wildman–Crippen MR) is 106 cm³/mol. The molecule has 1 atom stereocenters. The summed E-state index contributed by atoms with van der Waals surface area (Å²) in [5, 5.41) is 13.9. The smallest absolute Gasteiger partial charge is 0.200 e. The van der Waals surface area contributed by atoms with Gasteiger partial charge in [0.1, 0.15) is 11.3 Å². The molecule has 2 heterocycles. The summed E-state index contributed by atoms with van der Waals surface area (Å²) in [6, 6.07) is 14.2. The molecule has 1 unspecified atom stereocenters. The van der Waals surface area contributed by atoms with E-state index >= 15 is 0 Å². The Balaban J connectivity index is 1.78. The molecule has 1 aromatic heterocycles. The normalized spacial score (nSPS) is 15.7. The van der Waals surface area contributed by atoms with Crippen LogP contribution in [0.4, 0.5) is 11.6 Å². The molecule has 6 nitrogen and oxygen atoms in total. The van der Waals surface area contributed by atoms with Gasteiger partial charge in [0.15, 0.2) is 11.3 Å². The van der Waals surface area contributed by atoms with Gasteiger partial charge in [-0.3, -0.25) is 4.79 Å². The summed E-state index contributed by atoms with van der Waals surface area (Å²) in [7, 11) is 0. The van der Waals surface area contributed by atoms with E-state index in [1.807, 2.05) is 42.2 Å². The molecule has 140 valence electrons. The second kappa shape index (κ2) is 7.32. The number of phenolic OH excluding ortho intramolecular Hbond substituents is 1. The van der Waals surface area contributed by atoms with E-state index in [0.29, 0.717) is 43.2 Å². The first kappa shape index (κ1) is 17.4. The second-order valence-electron chi connectivity index (χ2n) is 6.69. The Morgan fingerprint density at radius 3 is 2.59 bits per heavy atom. The largest absolute Gasteiger partial charge is 0.508 e. The molecule has 0 spiro atoms. The van der Waals surface area contributed by atoms with E-state index in [9.17, 15) is 9.90 Å². The quantitative estimate of drug-likeness (QED) is 0.736. The summed E-state index contributed by atoms with van der Waals surface area (Å²) >= 11 is 0. The van der Waals surface area contributed by atoms with Crippen molar-refractivity contribution in [3.05, 3.63) is 64.3 Å². The third-order valence-corrected chi connectivity index (χ3v) is 4.78. The van der Waals surface area contributed by atoms with Crippen LogP contribution in [0.25, 0.3) is 11.0 Å². The van der Waals surface area contributed by atoms with Crippen LogP contribution in [0.1, 0.15) is 18.5 Å². The van der Waals surface area contributed by atoms with Gasteiger partial charge in [-0.25, -0.2) is 0 Å². The fourth-order valence-electron chi connectivity index (χ4n) is 3.38. The first-order valence-corrected chi connectivity index (χ1v) is 9.07. The minimum absolute atomic E-state index is 0.0469. The van der Waals surface area contributed by atoms with Gasteiger partial charge in [-0.05, 0) is 31.2 Å². The fourth-order valence-corrected chi connectivity index (χ4v) is 3.38. The maximum Gasteiger partial charge on any atom is 0.200 e. The number of nitrogens with zero attached hydrogens (tertiary/aromatic N) is 1. The Hall–Kier alpha value is -2.99. The molecule has 0 saturated carbocycles. The maximum atomic E-state index is 12.7. The number of fused-ring (bicyclic) bond motifs is 1. The number of aromatic hydroxyl groups is 1. The Kier molecular flexibility index (Phi) is 4.73. The lowest BCUT2D eigenvalue weighted by Crippen LogP contribution is -2.36. The van der Waals surface area contributed by atoms with Crippen molar-refractivity contribution in [2.45, 2.75) is 13.0 Å². The van der Waals surface area contributed by atoms with Crippen molar-refractivity contribution in [1.82, 2.24) is 0 Å². The summed E-state index contributed by atoms with van der Waals surface area (Å²) in [6.07, 6.45) is 0. The van der Waals surface area contributed by atoms with Crippen molar-refractivity contribution in [2.24, 2.45) is 0 Å². The number of hydrogen-bond acceptors (Lipinski definition) is 6. The SMILES string of the molecule is CC(Nc1ccccc1)c1cc(O)cc2c(=O)cc(N3CCOCC3)oc12. The van der Waals surface area contributed by atoms with Gasteiger partial charge in [0.05, 0.1) is 24.6 Å². The molecule has 6 heteroatoms. The molecule has 1 saturated heterocycles. The van der Waals surface area contributed by atoms with Crippen LogP contribution in [0.3, 0.4) is 0 Å². The van der Waals surface area contributed by atoms with E-state index in [1.54, 1.807) is 6.07 Å². The Morgan fingerprint density at radius 2 is 1.85 bits per heavy atom. The number of ether oxygens (including phenoxy) is 1. The topological polar surface area (TPSA) is 74.9 Å². The number of nitrogens with one attached hydrogen (secondary N) is 1. The summed E-state index contributed by atoms with van der Waals surface area (Å²) in [6.45, 7) is 4.55. The van der Waals surface area contributed by atoms with E-state index in [0.717, 1.165) is 11.3 Å². The van der Waals surface area contributed by atoms with Crippen LogP contribution >= 0.6 is 0 Å². The molecule has 2 N–H and O–H groups in total. The van der Waals surface area contributed by atoms with Crippen molar-refractivity contribution < 1.29 is 14.3 Å². The Bertz CT molecular complexity index is 994. The molecular formula is C21H22N2O4. The van der Waals surface area contributed by atoms with Gasteiger partial charge < -0.3 is 24.5 Å². The first-order chi connectivity index (χ1) is 13.1. The van der Waals surface area contributed by atoms with Gasteiger partial charge in [-0.2, -0.15) is 0 Å². The zero-order valence-corrected chi connectivity index (χ0v) is 15.1. The average Bonchev–Trinajstić information content (AvgIpc) is 2.69. The molecule has 4 rings (SSSR count). The van der Waals surface area contributed by atoms with Gasteiger partial charge in [-0.1, -0.05) is 18.2 Å². The molecule has 0 amide bonds. The molecular weight excluding hydrogens is 344 g/mol. The van der Waals surface area contributed by atoms with Crippen molar-refractivity contribution >= 4 is 22.5 Å². The number of morpholine rings is 1. The van der Waals surface area contributed by atoms with Crippen molar-refractivity contribution in [3.8, 4) is 5.75 Å². The highest BCUT2D eigenvalue weighted by Gasteiger charge is 2.19. The number of para-hydroxylation sites is 1. The van der Waals surface area contributed by atoms with Crippen LogP contribution in [0.2, 0.25) is 0 Å². The minimum atomic E-state index is -0.165. The molecule has 2 aromatic carbocycles. The van der Waals surface area contributed by atoms with Crippen molar-refractivity contribution in [2.75, 3.05) is 36.5 Å².